The van der Waals surface area contributed by atoms with Crippen LogP contribution in [0.4, 0.5) is 0 Å². The van der Waals surface area contributed by atoms with Crippen LogP contribution in [0.25, 0.3) is 0 Å². The van der Waals surface area contributed by atoms with Crippen LogP contribution < -0.4 is 5.32 Å². The fourth-order valence-corrected chi connectivity index (χ4v) is 5.27. The number of rotatable bonds is 4. The SMILES string of the molecule is CCCC1(CN2CCC3CCCCC3C2)CCNCC1. The zero-order chi connectivity index (χ0) is 13.8. The van der Waals surface area contributed by atoms with Crippen LogP contribution in [0.2, 0.25) is 0 Å². The second-order valence-corrected chi connectivity index (χ2v) is 7.83. The monoisotopic (exact) mass is 278 g/mol. The van der Waals surface area contributed by atoms with Crippen molar-refractivity contribution in [2.75, 3.05) is 32.7 Å². The van der Waals surface area contributed by atoms with Crippen LogP contribution in [0, 0.1) is 17.3 Å². The Labute approximate surface area is 125 Å². The van der Waals surface area contributed by atoms with Crippen molar-refractivity contribution in [3.63, 3.8) is 0 Å². The van der Waals surface area contributed by atoms with Gasteiger partial charge in [0.05, 0.1) is 0 Å². The second-order valence-electron chi connectivity index (χ2n) is 7.83. The molecular formula is C18H34N2. The van der Waals surface area contributed by atoms with Crippen LogP contribution in [0.5, 0.6) is 0 Å². The van der Waals surface area contributed by atoms with E-state index in [9.17, 15) is 0 Å². The van der Waals surface area contributed by atoms with Crippen LogP contribution in [-0.2, 0) is 0 Å². The normalized spacial score (nSPS) is 34.6. The van der Waals surface area contributed by atoms with Gasteiger partial charge in [0.25, 0.3) is 0 Å². The van der Waals surface area contributed by atoms with Crippen molar-refractivity contribution in [2.45, 2.75) is 64.7 Å². The summed E-state index contributed by atoms with van der Waals surface area (Å²) in [5, 5.41) is 3.56. The highest BCUT2D eigenvalue weighted by Gasteiger charge is 2.37. The first-order chi connectivity index (χ1) is 9.81. The van der Waals surface area contributed by atoms with Crippen LogP contribution in [0.3, 0.4) is 0 Å². The minimum absolute atomic E-state index is 0.640. The maximum Gasteiger partial charge on any atom is 0.00390 e. The molecule has 116 valence electrons. The largest absolute Gasteiger partial charge is 0.317 e. The van der Waals surface area contributed by atoms with Gasteiger partial charge in [-0.05, 0) is 69.0 Å². The van der Waals surface area contributed by atoms with E-state index in [-0.39, 0.29) is 0 Å². The first kappa shape index (κ1) is 14.8. The molecule has 2 unspecified atom stereocenters. The molecule has 0 aromatic rings. The molecular weight excluding hydrogens is 244 g/mol. The highest BCUT2D eigenvalue weighted by Crippen LogP contribution is 2.39. The van der Waals surface area contributed by atoms with Crippen LogP contribution in [-0.4, -0.2) is 37.6 Å². The molecule has 0 amide bonds. The molecule has 3 aliphatic rings. The summed E-state index contributed by atoms with van der Waals surface area (Å²) in [6, 6.07) is 0. The Balaban J connectivity index is 1.58. The summed E-state index contributed by atoms with van der Waals surface area (Å²) in [5.41, 5.74) is 0.640. The average molecular weight is 278 g/mol. The molecule has 1 aliphatic carbocycles. The third-order valence-corrected chi connectivity index (χ3v) is 6.38. The Kier molecular flexibility index (Phi) is 5.04. The average Bonchev–Trinajstić information content (AvgIpc) is 2.48. The van der Waals surface area contributed by atoms with Crippen LogP contribution >= 0.6 is 0 Å². The number of fused-ring (bicyclic) bond motifs is 1. The van der Waals surface area contributed by atoms with E-state index in [1.54, 1.807) is 0 Å². The molecule has 0 spiro atoms. The molecule has 2 atom stereocenters. The molecule has 0 radical (unpaired) electrons. The highest BCUT2D eigenvalue weighted by molar-refractivity contribution is 4.90. The van der Waals surface area contributed by atoms with Crippen molar-refractivity contribution in [3.05, 3.63) is 0 Å². The summed E-state index contributed by atoms with van der Waals surface area (Å²) < 4.78 is 0. The Morgan fingerprint density at radius 3 is 2.55 bits per heavy atom. The highest BCUT2D eigenvalue weighted by atomic mass is 15.1. The fourth-order valence-electron chi connectivity index (χ4n) is 5.27. The van der Waals surface area contributed by atoms with Gasteiger partial charge in [-0.15, -0.1) is 0 Å². The molecule has 3 rings (SSSR count). The fraction of sp³-hybridized carbons (Fsp3) is 1.00. The molecule has 1 N–H and O–H groups in total. The Morgan fingerprint density at radius 2 is 1.80 bits per heavy atom. The van der Waals surface area contributed by atoms with Gasteiger partial charge in [0, 0.05) is 13.1 Å². The van der Waals surface area contributed by atoms with Crippen molar-refractivity contribution in [1.82, 2.24) is 10.2 Å². The van der Waals surface area contributed by atoms with Crippen molar-refractivity contribution in [2.24, 2.45) is 17.3 Å². The van der Waals surface area contributed by atoms with Crippen molar-refractivity contribution in [3.8, 4) is 0 Å². The third kappa shape index (κ3) is 3.39. The zero-order valence-corrected chi connectivity index (χ0v) is 13.5. The number of hydrogen-bond donors (Lipinski definition) is 1. The standard InChI is InChI=1S/C18H34N2/c1-2-8-18(9-11-19-12-10-18)15-20-13-7-16-5-3-4-6-17(16)14-20/h16-17,19H,2-15H2,1H3. The number of nitrogens with zero attached hydrogens (tertiary/aromatic N) is 1. The maximum absolute atomic E-state index is 3.56. The smallest absolute Gasteiger partial charge is 0.00390 e. The molecule has 1 saturated carbocycles. The van der Waals surface area contributed by atoms with Gasteiger partial charge >= 0.3 is 0 Å². The zero-order valence-electron chi connectivity index (χ0n) is 13.5. The Bertz CT molecular complexity index is 290. The van der Waals surface area contributed by atoms with E-state index in [2.05, 4.69) is 17.1 Å². The molecule has 2 nitrogen and oxygen atoms in total. The van der Waals surface area contributed by atoms with Crippen molar-refractivity contribution in [1.29, 1.82) is 0 Å². The Hall–Kier alpha value is -0.0800. The van der Waals surface area contributed by atoms with Gasteiger partial charge < -0.3 is 10.2 Å². The third-order valence-electron chi connectivity index (χ3n) is 6.38. The summed E-state index contributed by atoms with van der Waals surface area (Å²) in [6.45, 7) is 9.08. The molecule has 2 saturated heterocycles. The van der Waals surface area contributed by atoms with E-state index in [4.69, 9.17) is 0 Å². The van der Waals surface area contributed by atoms with E-state index in [0.29, 0.717) is 5.41 Å². The van der Waals surface area contributed by atoms with Crippen LogP contribution in [0.15, 0.2) is 0 Å². The number of hydrogen-bond acceptors (Lipinski definition) is 2. The van der Waals surface area contributed by atoms with Gasteiger partial charge in [0.1, 0.15) is 0 Å². The van der Waals surface area contributed by atoms with Crippen LogP contribution in [0.1, 0.15) is 64.7 Å². The molecule has 0 aromatic heterocycles. The van der Waals surface area contributed by atoms with Gasteiger partial charge in [0.15, 0.2) is 0 Å². The topological polar surface area (TPSA) is 15.3 Å². The van der Waals surface area contributed by atoms with E-state index >= 15 is 0 Å². The van der Waals surface area contributed by atoms with Gasteiger partial charge in [-0.1, -0.05) is 32.6 Å². The maximum atomic E-state index is 3.56. The molecule has 0 aromatic carbocycles. The molecule has 2 heterocycles. The van der Waals surface area contributed by atoms with E-state index in [1.807, 2.05) is 0 Å². The van der Waals surface area contributed by atoms with Gasteiger partial charge in [-0.25, -0.2) is 0 Å². The van der Waals surface area contributed by atoms with Gasteiger partial charge in [0.2, 0.25) is 0 Å². The van der Waals surface area contributed by atoms with Gasteiger partial charge in [-0.2, -0.15) is 0 Å². The van der Waals surface area contributed by atoms with Gasteiger partial charge in [-0.3, -0.25) is 0 Å². The lowest BCUT2D eigenvalue weighted by Crippen LogP contribution is -2.49. The van der Waals surface area contributed by atoms with E-state index < -0.39 is 0 Å². The summed E-state index contributed by atoms with van der Waals surface area (Å²) in [4.78, 5) is 2.85. The van der Waals surface area contributed by atoms with Crippen molar-refractivity contribution >= 4 is 0 Å². The molecule has 2 aliphatic heterocycles. The Morgan fingerprint density at radius 1 is 1.05 bits per heavy atom. The summed E-state index contributed by atoms with van der Waals surface area (Å²) in [5.74, 6) is 2.12. The molecule has 2 heteroatoms. The number of likely N-dealkylation sites (tertiary alicyclic amines) is 1. The first-order valence-electron chi connectivity index (χ1n) is 9.24. The minimum atomic E-state index is 0.640. The van der Waals surface area contributed by atoms with Crippen molar-refractivity contribution < 1.29 is 0 Å². The predicted molar refractivity (Wildman–Crippen MR) is 85.9 cm³/mol. The number of piperidine rings is 2. The van der Waals surface area contributed by atoms with E-state index in [1.165, 1.54) is 90.5 Å². The second kappa shape index (κ2) is 6.79. The summed E-state index contributed by atoms with van der Waals surface area (Å²) in [7, 11) is 0. The number of nitrogens with one attached hydrogen (secondary N) is 1. The summed E-state index contributed by atoms with van der Waals surface area (Å²) >= 11 is 0. The van der Waals surface area contributed by atoms with E-state index in [0.717, 1.165) is 11.8 Å². The predicted octanol–water partition coefficient (Wildman–Crippen LogP) is 3.67. The molecule has 0 bridgehead atoms. The quantitative estimate of drug-likeness (QED) is 0.844. The lowest BCUT2D eigenvalue weighted by atomic mass is 9.72. The first-order valence-corrected chi connectivity index (χ1v) is 9.24. The minimum Gasteiger partial charge on any atom is -0.317 e. The summed E-state index contributed by atoms with van der Waals surface area (Å²) in [6.07, 6.45) is 13.2. The molecule has 20 heavy (non-hydrogen) atoms. The lowest BCUT2D eigenvalue weighted by molar-refractivity contribution is 0.0353. The lowest BCUT2D eigenvalue weighted by Gasteiger charge is -2.47. The molecule has 3 fully saturated rings.